The van der Waals surface area contributed by atoms with Crippen molar-refractivity contribution in [3.8, 4) is 11.5 Å². The molecule has 1 aromatic heterocycles. The second-order valence-electron chi connectivity index (χ2n) is 6.00. The molecule has 1 aromatic carbocycles. The zero-order valence-electron chi connectivity index (χ0n) is 13.0. The summed E-state index contributed by atoms with van der Waals surface area (Å²) >= 11 is 0. The Balaban J connectivity index is 1.66. The molecule has 1 fully saturated rings. The van der Waals surface area contributed by atoms with Gasteiger partial charge in [-0.15, -0.1) is 0 Å². The summed E-state index contributed by atoms with van der Waals surface area (Å²) in [7, 11) is 0. The summed E-state index contributed by atoms with van der Waals surface area (Å²) in [4.78, 5) is 16.7. The summed E-state index contributed by atoms with van der Waals surface area (Å²) < 4.78 is 5.64. The third kappa shape index (κ3) is 3.38. The highest BCUT2D eigenvalue weighted by molar-refractivity contribution is 5.93. The quantitative estimate of drug-likeness (QED) is 0.929. The number of nitrogens with one attached hydrogen (secondary N) is 1. The van der Waals surface area contributed by atoms with Crippen LogP contribution in [0.15, 0.2) is 34.7 Å². The van der Waals surface area contributed by atoms with E-state index >= 15 is 0 Å². The van der Waals surface area contributed by atoms with E-state index in [9.17, 15) is 4.79 Å². The van der Waals surface area contributed by atoms with Gasteiger partial charge in [-0.1, -0.05) is 37.5 Å². The van der Waals surface area contributed by atoms with E-state index in [0.29, 0.717) is 23.3 Å². The first-order valence-corrected chi connectivity index (χ1v) is 8.05. The summed E-state index contributed by atoms with van der Waals surface area (Å²) in [5.41, 5.74) is 1.28. The predicted molar refractivity (Wildman–Crippen MR) is 85.6 cm³/mol. The van der Waals surface area contributed by atoms with Crippen molar-refractivity contribution in [2.24, 2.45) is 5.92 Å². The normalized spacial score (nSPS) is 15.7. The number of oxazole rings is 1. The van der Waals surface area contributed by atoms with Crippen LogP contribution in [0, 0.1) is 12.8 Å². The van der Waals surface area contributed by atoms with Gasteiger partial charge in [-0.05, 0) is 37.8 Å². The Morgan fingerprint density at radius 3 is 2.68 bits per heavy atom. The number of hydrogen-bond acceptors (Lipinski definition) is 3. The molecule has 0 radical (unpaired) electrons. The molecule has 4 nitrogen and oxygen atoms in total. The van der Waals surface area contributed by atoms with Crippen LogP contribution < -0.4 is 5.32 Å². The molecule has 4 heteroatoms. The molecule has 116 valence electrons. The molecule has 0 saturated heterocycles. The largest absolute Gasteiger partial charge is 0.441 e. The van der Waals surface area contributed by atoms with Gasteiger partial charge in [0.15, 0.2) is 5.69 Å². The fourth-order valence-electron chi connectivity index (χ4n) is 3.02. The Labute approximate surface area is 130 Å². The van der Waals surface area contributed by atoms with Crippen LogP contribution in [0.5, 0.6) is 0 Å². The smallest absolute Gasteiger partial charge is 0.273 e. The number of benzene rings is 1. The number of hydrogen-bond donors (Lipinski definition) is 1. The zero-order valence-corrected chi connectivity index (χ0v) is 13.0. The first kappa shape index (κ1) is 14.8. The van der Waals surface area contributed by atoms with Gasteiger partial charge in [0.25, 0.3) is 5.91 Å². The summed E-state index contributed by atoms with van der Waals surface area (Å²) in [6.07, 6.45) is 6.32. The number of carbonyl (C=O) groups is 1. The lowest BCUT2D eigenvalue weighted by atomic mass is 9.89. The monoisotopic (exact) mass is 298 g/mol. The van der Waals surface area contributed by atoms with E-state index in [0.717, 1.165) is 12.1 Å². The molecule has 1 aliphatic carbocycles. The second kappa shape index (κ2) is 6.77. The van der Waals surface area contributed by atoms with Crippen molar-refractivity contribution in [3.05, 3.63) is 41.8 Å². The van der Waals surface area contributed by atoms with Crippen LogP contribution in [0.3, 0.4) is 0 Å². The molecule has 0 bridgehead atoms. The molecule has 0 atom stereocenters. The first-order valence-electron chi connectivity index (χ1n) is 8.05. The van der Waals surface area contributed by atoms with Gasteiger partial charge in [-0.3, -0.25) is 4.79 Å². The lowest BCUT2D eigenvalue weighted by Gasteiger charge is -2.21. The Morgan fingerprint density at radius 1 is 1.23 bits per heavy atom. The van der Waals surface area contributed by atoms with Crippen LogP contribution in [0.2, 0.25) is 0 Å². The minimum atomic E-state index is -0.131. The van der Waals surface area contributed by atoms with Gasteiger partial charge < -0.3 is 9.73 Å². The van der Waals surface area contributed by atoms with Crippen LogP contribution in [0.4, 0.5) is 0 Å². The van der Waals surface area contributed by atoms with Gasteiger partial charge >= 0.3 is 0 Å². The lowest BCUT2D eigenvalue weighted by Crippen LogP contribution is -2.30. The number of rotatable bonds is 4. The zero-order chi connectivity index (χ0) is 15.4. The summed E-state index contributed by atoms with van der Waals surface area (Å²) in [6, 6.07) is 9.65. The maximum atomic E-state index is 12.3. The highest BCUT2D eigenvalue weighted by Gasteiger charge is 2.20. The molecular weight excluding hydrogens is 276 g/mol. The van der Waals surface area contributed by atoms with Crippen LogP contribution >= 0.6 is 0 Å². The van der Waals surface area contributed by atoms with Gasteiger partial charge in [0, 0.05) is 12.1 Å². The number of carbonyl (C=O) groups excluding carboxylic acids is 1. The fraction of sp³-hybridized carbons (Fsp3) is 0.444. The minimum absolute atomic E-state index is 0.131. The van der Waals surface area contributed by atoms with E-state index in [-0.39, 0.29) is 5.91 Å². The van der Waals surface area contributed by atoms with Crippen LogP contribution in [-0.2, 0) is 0 Å². The summed E-state index contributed by atoms with van der Waals surface area (Å²) in [6.45, 7) is 2.53. The highest BCUT2D eigenvalue weighted by Crippen LogP contribution is 2.24. The highest BCUT2D eigenvalue weighted by atomic mass is 16.4. The molecular formula is C18H22N2O2. The first-order chi connectivity index (χ1) is 10.7. The molecule has 2 aromatic rings. The van der Waals surface area contributed by atoms with Crippen LogP contribution in [0.1, 0.15) is 48.4 Å². The molecule has 1 N–H and O–H groups in total. The van der Waals surface area contributed by atoms with E-state index < -0.39 is 0 Å². The second-order valence-corrected chi connectivity index (χ2v) is 6.00. The van der Waals surface area contributed by atoms with Gasteiger partial charge in [-0.2, -0.15) is 0 Å². The molecule has 1 amide bonds. The van der Waals surface area contributed by atoms with E-state index in [1.807, 2.05) is 30.3 Å². The molecule has 0 aliphatic heterocycles. The number of nitrogens with zero attached hydrogens (tertiary/aromatic N) is 1. The third-order valence-electron chi connectivity index (χ3n) is 4.31. The summed E-state index contributed by atoms with van der Waals surface area (Å²) in [5.74, 6) is 1.55. The predicted octanol–water partition coefficient (Wildman–Crippen LogP) is 3.96. The van der Waals surface area contributed by atoms with Crippen molar-refractivity contribution in [2.75, 3.05) is 6.54 Å². The van der Waals surface area contributed by atoms with Crippen LogP contribution in [-0.4, -0.2) is 17.4 Å². The van der Waals surface area contributed by atoms with Crippen molar-refractivity contribution in [1.29, 1.82) is 0 Å². The van der Waals surface area contributed by atoms with Crippen molar-refractivity contribution in [2.45, 2.75) is 39.0 Å². The van der Waals surface area contributed by atoms with Crippen molar-refractivity contribution in [1.82, 2.24) is 10.3 Å². The third-order valence-corrected chi connectivity index (χ3v) is 4.31. The molecule has 0 unspecified atom stereocenters. The van der Waals surface area contributed by atoms with Crippen LogP contribution in [0.25, 0.3) is 11.5 Å². The molecule has 1 saturated carbocycles. The standard InChI is InChI=1S/C18H22N2O2/c1-13-16(17(21)19-12-14-8-4-2-5-9-14)20-18(22-13)15-10-6-3-7-11-15/h3,6-7,10-11,14H,2,4-5,8-9,12H2,1H3,(H,19,21). The topological polar surface area (TPSA) is 55.1 Å². The minimum Gasteiger partial charge on any atom is -0.441 e. The number of amides is 1. The summed E-state index contributed by atoms with van der Waals surface area (Å²) in [5, 5.41) is 3.01. The van der Waals surface area contributed by atoms with Gasteiger partial charge in [0.05, 0.1) is 0 Å². The Kier molecular flexibility index (Phi) is 4.56. The average molecular weight is 298 g/mol. The van der Waals surface area contributed by atoms with Gasteiger partial charge in [0.2, 0.25) is 5.89 Å². The van der Waals surface area contributed by atoms with Crippen molar-refractivity contribution < 1.29 is 9.21 Å². The fourth-order valence-corrected chi connectivity index (χ4v) is 3.02. The lowest BCUT2D eigenvalue weighted by molar-refractivity contribution is 0.0937. The van der Waals surface area contributed by atoms with E-state index in [1.165, 1.54) is 32.1 Å². The Bertz CT molecular complexity index is 628. The van der Waals surface area contributed by atoms with E-state index in [4.69, 9.17) is 4.42 Å². The maximum absolute atomic E-state index is 12.3. The molecule has 3 rings (SSSR count). The molecule has 22 heavy (non-hydrogen) atoms. The van der Waals surface area contributed by atoms with Gasteiger partial charge in [0.1, 0.15) is 5.76 Å². The molecule has 1 aliphatic rings. The Morgan fingerprint density at radius 2 is 1.95 bits per heavy atom. The average Bonchev–Trinajstić information content (AvgIpc) is 2.96. The molecule has 1 heterocycles. The van der Waals surface area contributed by atoms with E-state index in [1.54, 1.807) is 6.92 Å². The maximum Gasteiger partial charge on any atom is 0.273 e. The van der Waals surface area contributed by atoms with E-state index in [2.05, 4.69) is 10.3 Å². The number of aryl methyl sites for hydroxylation is 1. The SMILES string of the molecule is Cc1oc(-c2ccccc2)nc1C(=O)NCC1CCCCC1. The van der Waals surface area contributed by atoms with Crippen molar-refractivity contribution in [3.63, 3.8) is 0 Å². The van der Waals surface area contributed by atoms with Gasteiger partial charge in [-0.25, -0.2) is 4.98 Å². The number of aromatic nitrogens is 1. The Hall–Kier alpha value is -2.10. The van der Waals surface area contributed by atoms with Crippen molar-refractivity contribution >= 4 is 5.91 Å². The molecule has 0 spiro atoms.